The fourth-order valence-corrected chi connectivity index (χ4v) is 4.28. The van der Waals surface area contributed by atoms with Crippen LogP contribution in [0.25, 0.3) is 5.70 Å². The zero-order valence-corrected chi connectivity index (χ0v) is 20.5. The Kier molecular flexibility index (Phi) is 8.62. The molecule has 1 fully saturated rings. The predicted molar refractivity (Wildman–Crippen MR) is 134 cm³/mol. The van der Waals surface area contributed by atoms with E-state index in [1.165, 1.54) is 4.90 Å². The summed E-state index contributed by atoms with van der Waals surface area (Å²) in [5, 5.41) is 3.24. The van der Waals surface area contributed by atoms with Crippen LogP contribution < -0.4 is 20.7 Å². The van der Waals surface area contributed by atoms with Gasteiger partial charge in [0.05, 0.1) is 29.9 Å². The number of nitrogens with one attached hydrogen (secondary N) is 1. The van der Waals surface area contributed by atoms with Gasteiger partial charge in [0.1, 0.15) is 0 Å². The number of carbonyl (C=O) groups is 2. The Morgan fingerprint density at radius 2 is 1.94 bits per heavy atom. The highest BCUT2D eigenvalue weighted by molar-refractivity contribution is 6.08. The van der Waals surface area contributed by atoms with E-state index in [4.69, 9.17) is 10.5 Å². The maximum atomic E-state index is 13.0. The van der Waals surface area contributed by atoms with Gasteiger partial charge in [0.25, 0.3) is 0 Å². The van der Waals surface area contributed by atoms with Crippen molar-refractivity contribution in [2.75, 3.05) is 10.2 Å². The highest BCUT2D eigenvalue weighted by Crippen LogP contribution is 2.32. The van der Waals surface area contributed by atoms with Gasteiger partial charge in [-0.05, 0) is 56.7 Å². The van der Waals surface area contributed by atoms with Gasteiger partial charge in [-0.2, -0.15) is 4.98 Å². The summed E-state index contributed by atoms with van der Waals surface area (Å²) in [6.45, 7) is 7.93. The number of ether oxygens (including phenoxy) is 1. The first-order chi connectivity index (χ1) is 16.3. The third-order valence-electron chi connectivity index (χ3n) is 6.15. The Balaban J connectivity index is 1.78. The van der Waals surface area contributed by atoms with E-state index in [0.717, 1.165) is 36.9 Å². The van der Waals surface area contributed by atoms with Crippen molar-refractivity contribution in [3.63, 3.8) is 0 Å². The van der Waals surface area contributed by atoms with E-state index in [1.54, 1.807) is 24.5 Å². The van der Waals surface area contributed by atoms with Crippen LogP contribution in [0.3, 0.4) is 0 Å². The van der Waals surface area contributed by atoms with Crippen molar-refractivity contribution in [3.8, 4) is 5.88 Å². The van der Waals surface area contributed by atoms with Crippen molar-refractivity contribution < 1.29 is 14.3 Å². The third-order valence-corrected chi connectivity index (χ3v) is 6.15. The van der Waals surface area contributed by atoms with E-state index < -0.39 is 0 Å². The number of nitrogens with zero attached hydrogens (tertiary/aromatic N) is 3. The summed E-state index contributed by atoms with van der Waals surface area (Å²) in [6.07, 6.45) is 8.44. The van der Waals surface area contributed by atoms with Crippen molar-refractivity contribution in [3.05, 3.63) is 47.9 Å². The maximum absolute atomic E-state index is 13.0. The van der Waals surface area contributed by atoms with Gasteiger partial charge in [0.2, 0.25) is 18.2 Å². The minimum atomic E-state index is -0.128. The third kappa shape index (κ3) is 6.12. The van der Waals surface area contributed by atoms with Crippen molar-refractivity contribution in [1.29, 1.82) is 0 Å². The lowest BCUT2D eigenvalue weighted by molar-refractivity contribution is -0.127. The molecule has 0 saturated heterocycles. The van der Waals surface area contributed by atoms with Crippen molar-refractivity contribution in [2.45, 2.75) is 65.9 Å². The molecule has 8 heteroatoms. The van der Waals surface area contributed by atoms with E-state index in [1.807, 2.05) is 32.9 Å². The molecule has 3 rings (SSSR count). The molecule has 1 aromatic heterocycles. The summed E-state index contributed by atoms with van der Waals surface area (Å²) >= 11 is 0. The number of anilines is 2. The monoisotopic (exact) mass is 465 g/mol. The minimum absolute atomic E-state index is 0.00606. The molecule has 1 aliphatic rings. The normalized spacial score (nSPS) is 18.7. The molecule has 34 heavy (non-hydrogen) atoms. The van der Waals surface area contributed by atoms with Gasteiger partial charge in [-0.15, -0.1) is 0 Å². The van der Waals surface area contributed by atoms with Crippen LogP contribution in [0.2, 0.25) is 0 Å². The second kappa shape index (κ2) is 11.6. The van der Waals surface area contributed by atoms with E-state index >= 15 is 0 Å². The van der Waals surface area contributed by atoms with Gasteiger partial charge >= 0.3 is 0 Å². The van der Waals surface area contributed by atoms with Crippen LogP contribution in [0.5, 0.6) is 5.88 Å². The lowest BCUT2D eigenvalue weighted by Crippen LogP contribution is -2.39. The number of aromatic nitrogens is 2. The minimum Gasteiger partial charge on any atom is -0.474 e. The van der Waals surface area contributed by atoms with E-state index in [9.17, 15) is 9.59 Å². The summed E-state index contributed by atoms with van der Waals surface area (Å²) < 4.78 is 5.61. The molecule has 182 valence electrons. The average molecular weight is 466 g/mol. The van der Waals surface area contributed by atoms with Crippen LogP contribution in [0.4, 0.5) is 11.5 Å². The van der Waals surface area contributed by atoms with E-state index in [-0.39, 0.29) is 23.8 Å². The molecule has 0 radical (unpaired) electrons. The number of hydrogen-bond donors (Lipinski definition) is 2. The molecular weight excluding hydrogens is 430 g/mol. The van der Waals surface area contributed by atoms with Crippen LogP contribution in [0.1, 0.15) is 65.4 Å². The molecule has 3 N–H and O–H groups in total. The van der Waals surface area contributed by atoms with Crippen LogP contribution in [0, 0.1) is 11.8 Å². The van der Waals surface area contributed by atoms with Crippen LogP contribution >= 0.6 is 0 Å². The molecule has 0 aliphatic heterocycles. The number of rotatable bonds is 9. The second-order valence-electron chi connectivity index (χ2n) is 9.01. The summed E-state index contributed by atoms with van der Waals surface area (Å²) in [5.41, 5.74) is 9.11. The van der Waals surface area contributed by atoms with Crippen molar-refractivity contribution in [2.24, 2.45) is 17.6 Å². The molecule has 2 aromatic rings. The Labute approximate surface area is 201 Å². The Bertz CT molecular complexity index is 1020. The molecule has 1 saturated carbocycles. The van der Waals surface area contributed by atoms with Gasteiger partial charge in [-0.3, -0.25) is 19.5 Å². The van der Waals surface area contributed by atoms with E-state index in [0.29, 0.717) is 35.9 Å². The fraction of sp³-hybridized carbons (Fsp3) is 0.462. The first-order valence-corrected chi connectivity index (χ1v) is 12.0. The zero-order chi connectivity index (χ0) is 24.7. The molecule has 8 nitrogen and oxygen atoms in total. The predicted octanol–water partition coefficient (Wildman–Crippen LogP) is 4.73. The SMILES string of the molecule is CC/C(Nc1cncc(OC(C)C)n1)=C(\N)c1ccc(N(C=O)C(=O)C2CCCCC2C)cc1. The number of benzene rings is 1. The molecule has 2 atom stereocenters. The van der Waals surface area contributed by atoms with Gasteiger partial charge in [-0.1, -0.05) is 38.8 Å². The van der Waals surface area contributed by atoms with Gasteiger partial charge in [-0.25, -0.2) is 0 Å². The van der Waals surface area contributed by atoms with Gasteiger partial charge in [0, 0.05) is 11.6 Å². The quantitative estimate of drug-likeness (QED) is 0.515. The summed E-state index contributed by atoms with van der Waals surface area (Å²) in [6, 6.07) is 7.15. The highest BCUT2D eigenvalue weighted by atomic mass is 16.5. The number of allylic oxidation sites excluding steroid dienone is 1. The number of amides is 2. The van der Waals surface area contributed by atoms with Crippen LogP contribution in [-0.2, 0) is 9.59 Å². The van der Waals surface area contributed by atoms with Crippen molar-refractivity contribution in [1.82, 2.24) is 9.97 Å². The molecule has 1 heterocycles. The smallest absolute Gasteiger partial charge is 0.236 e. The van der Waals surface area contributed by atoms with Crippen molar-refractivity contribution >= 4 is 29.5 Å². The Hall–Kier alpha value is -3.42. The first kappa shape index (κ1) is 25.2. The second-order valence-corrected chi connectivity index (χ2v) is 9.01. The molecule has 1 aromatic carbocycles. The highest BCUT2D eigenvalue weighted by Gasteiger charge is 2.31. The van der Waals surface area contributed by atoms with Crippen LogP contribution in [0.15, 0.2) is 42.4 Å². The summed E-state index contributed by atoms with van der Waals surface area (Å²) in [7, 11) is 0. The lowest BCUT2D eigenvalue weighted by Gasteiger charge is -2.30. The number of hydrogen-bond acceptors (Lipinski definition) is 7. The Morgan fingerprint density at radius 3 is 2.56 bits per heavy atom. The lowest BCUT2D eigenvalue weighted by atomic mass is 9.79. The molecule has 2 unspecified atom stereocenters. The molecule has 0 bridgehead atoms. The zero-order valence-electron chi connectivity index (χ0n) is 20.5. The summed E-state index contributed by atoms with van der Waals surface area (Å²) in [5.74, 6) is 1.01. The number of imide groups is 1. The number of nitrogens with two attached hydrogens (primary N) is 1. The first-order valence-electron chi connectivity index (χ1n) is 12.0. The maximum Gasteiger partial charge on any atom is 0.236 e. The number of carbonyl (C=O) groups excluding carboxylic acids is 2. The molecule has 2 amide bonds. The fourth-order valence-electron chi connectivity index (χ4n) is 4.28. The average Bonchev–Trinajstić information content (AvgIpc) is 2.83. The standard InChI is InChI=1S/C26H35N5O3/c1-5-22(29-23-14-28-15-24(30-23)34-17(2)3)25(27)19-10-12-20(13-11-19)31(16-32)26(33)21-9-7-6-8-18(21)4/h10-18,21H,5-9,27H2,1-4H3,(H,29,30)/b25-22+. The molecule has 1 aliphatic carbocycles. The topological polar surface area (TPSA) is 110 Å². The summed E-state index contributed by atoms with van der Waals surface area (Å²) in [4.78, 5) is 34.7. The molecular formula is C26H35N5O3. The molecule has 0 spiro atoms. The van der Waals surface area contributed by atoms with Crippen LogP contribution in [-0.4, -0.2) is 28.4 Å². The van der Waals surface area contributed by atoms with Gasteiger partial charge < -0.3 is 15.8 Å². The van der Waals surface area contributed by atoms with E-state index in [2.05, 4.69) is 22.2 Å². The largest absolute Gasteiger partial charge is 0.474 e. The van der Waals surface area contributed by atoms with Gasteiger partial charge in [0.15, 0.2) is 5.82 Å². The Morgan fingerprint density at radius 1 is 1.24 bits per heavy atom.